The van der Waals surface area contributed by atoms with E-state index < -0.39 is 23.9 Å². The highest BCUT2D eigenvalue weighted by Crippen LogP contribution is 2.35. The van der Waals surface area contributed by atoms with E-state index in [0.29, 0.717) is 104 Å². The van der Waals surface area contributed by atoms with E-state index in [1.54, 1.807) is 48.8 Å². The van der Waals surface area contributed by atoms with Crippen LogP contribution in [0.5, 0.6) is 0 Å². The molecule has 0 atom stereocenters. The van der Waals surface area contributed by atoms with Crippen molar-refractivity contribution in [3.05, 3.63) is 296 Å². The average molecular weight is 1720 g/mol. The zero-order valence-electron chi connectivity index (χ0n) is 69.6. The summed E-state index contributed by atoms with van der Waals surface area (Å²) in [7, 11) is 1.91. The Kier molecular flexibility index (Phi) is 28.1. The van der Waals surface area contributed by atoms with Gasteiger partial charge in [-0.1, -0.05) is 85.8 Å². The molecule has 6 aromatic heterocycles. The summed E-state index contributed by atoms with van der Waals surface area (Å²) in [4.78, 5) is 124. The van der Waals surface area contributed by atoms with Crippen LogP contribution in [0.4, 0.5) is 26.3 Å². The number of rotatable bonds is 13. The summed E-state index contributed by atoms with van der Waals surface area (Å²) in [5, 5.41) is 4.25. The molecule has 12 aromatic rings. The van der Waals surface area contributed by atoms with E-state index in [1.165, 1.54) is 11.6 Å². The van der Waals surface area contributed by atoms with Gasteiger partial charge in [0, 0.05) is 208 Å². The molecule has 0 amide bonds. The minimum absolute atomic E-state index is 0.0314. The maximum atomic E-state index is 12.6. The van der Waals surface area contributed by atoms with Crippen LogP contribution in [0.1, 0.15) is 137 Å². The summed E-state index contributed by atoms with van der Waals surface area (Å²) < 4.78 is 77.0. The number of nitrogens with two attached hydrogens (primary N) is 6. The first-order chi connectivity index (χ1) is 61.0. The molecule has 18 rings (SSSR count). The van der Waals surface area contributed by atoms with E-state index in [0.717, 1.165) is 138 Å². The molecule has 127 heavy (non-hydrogen) atoms. The number of fused-ring (bicyclic) bond motifs is 6. The minimum atomic E-state index is -4.58. The summed E-state index contributed by atoms with van der Waals surface area (Å²) in [5.74, 6) is -0.512. The molecular weight excluding hydrogens is 1630 g/mol. The van der Waals surface area contributed by atoms with Gasteiger partial charge < -0.3 is 34.4 Å². The fourth-order valence-corrected chi connectivity index (χ4v) is 14.5. The van der Waals surface area contributed by atoms with Crippen LogP contribution in [0.15, 0.2) is 225 Å². The van der Waals surface area contributed by atoms with Crippen molar-refractivity contribution in [1.82, 2.24) is 44.7 Å². The summed E-state index contributed by atoms with van der Waals surface area (Å²) in [6.07, 6.45) is 7.97. The topological polar surface area (TPSA) is 441 Å². The molecule has 0 saturated heterocycles. The summed E-state index contributed by atoms with van der Waals surface area (Å²) in [5.41, 5.74) is 59.7. The molecule has 6 aliphatic heterocycles. The van der Waals surface area contributed by atoms with E-state index in [4.69, 9.17) is 34.4 Å². The normalized spacial score (nSPS) is 14.1. The quantitative estimate of drug-likeness (QED) is 0.0584. The molecule has 0 spiro atoms. The van der Waals surface area contributed by atoms with Crippen molar-refractivity contribution in [3.8, 4) is 66.8 Å². The third kappa shape index (κ3) is 20.6. The molecule has 6 aromatic carbocycles. The van der Waals surface area contributed by atoms with Gasteiger partial charge in [-0.3, -0.25) is 78.4 Å². The maximum Gasteiger partial charge on any atom is 0.451 e. The lowest BCUT2D eigenvalue weighted by Crippen LogP contribution is -2.24. The van der Waals surface area contributed by atoms with Crippen LogP contribution < -0.4 is 34.4 Å². The van der Waals surface area contributed by atoms with Gasteiger partial charge in [-0.05, 0) is 126 Å². The van der Waals surface area contributed by atoms with E-state index >= 15 is 0 Å². The third-order valence-electron chi connectivity index (χ3n) is 21.5. The highest BCUT2D eigenvalue weighted by atomic mass is 19.4. The SMILES string of the molecule is CCc1cncc(-c2ccc3c(c2)C(CN)=NCC3=O)c1.Cc1c(-c2ccc3c(c2)C(CN)=NCC3=O)cnn1C.Cc1cncc(-c2ccc3c(c2)C(CN)=NCC3=O)c1.Cc1ncc(-c2ccc3c(c2)C(CN)=NCC3=O)cn1.NCC1=NCC(=O)c2ccc(-c3ccc(C(F)(F)F)nc3)cc21.NCC1=NCC(=O)c2ccc(-c3cnc(C(F)(F)F)nc3)cc21. The van der Waals surface area contributed by atoms with Crippen molar-refractivity contribution in [3.63, 3.8) is 0 Å². The number of halogens is 6. The van der Waals surface area contributed by atoms with Gasteiger partial charge in [0.15, 0.2) is 34.7 Å². The second-order valence-corrected chi connectivity index (χ2v) is 29.6. The predicted molar refractivity (Wildman–Crippen MR) is 475 cm³/mol. The number of hydrogen-bond donors (Lipinski definition) is 6. The van der Waals surface area contributed by atoms with Crippen molar-refractivity contribution >= 4 is 69.0 Å². The average Bonchev–Trinajstić information content (AvgIpc) is 1.75. The van der Waals surface area contributed by atoms with Crippen LogP contribution in [-0.2, 0) is 25.8 Å². The van der Waals surface area contributed by atoms with Crippen LogP contribution in [-0.4, -0.2) is 192 Å². The molecule has 12 heterocycles. The number of carbonyl (C=O) groups is 6. The lowest BCUT2D eigenvalue weighted by molar-refractivity contribution is -0.145. The Hall–Kier alpha value is -14.5. The minimum Gasteiger partial charge on any atom is -0.325 e. The molecule has 33 heteroatoms. The molecule has 12 N–H and O–H groups in total. The van der Waals surface area contributed by atoms with Crippen LogP contribution in [0.2, 0.25) is 0 Å². The van der Waals surface area contributed by atoms with E-state index in [9.17, 15) is 55.1 Å². The van der Waals surface area contributed by atoms with Gasteiger partial charge in [-0.2, -0.15) is 31.4 Å². The Morgan fingerprint density at radius 3 is 0.921 bits per heavy atom. The highest BCUT2D eigenvalue weighted by molar-refractivity contribution is 6.21. The number of carbonyl (C=O) groups excluding carboxylic acids is 6. The maximum absolute atomic E-state index is 12.6. The molecule has 0 unspecified atom stereocenters. The number of aromatic nitrogens is 9. The van der Waals surface area contributed by atoms with Gasteiger partial charge in [0.2, 0.25) is 5.82 Å². The molecule has 0 bridgehead atoms. The standard InChI is InChI=1S/C17H17N3O.C16H12F3N3O.C16H15N3O.C15H11F3N4O.C15H16N4O.C15H14N4O/c1-2-11-5-13(9-19-8-11)12-3-4-14-15(6-12)16(7-18)20-10-17(14)21;17-16(18,19)15-4-2-10(7-22-15)9-1-3-11-12(5-9)13(6-20)21-8-14(11)23;1-10-4-12(8-18-7-10)11-2-3-13-14(5-11)15(6-17)19-9-16(13)20;16-15(17,18)14-21-5-9(6-22-14)8-1-2-10-11(3-8)12(4-19)20-7-13(10)23;1-9-13(7-18-19(9)2)10-3-4-11-12(5-10)14(6-16)17-8-15(11)20;1-9-17-6-11(7-18-9)10-2-3-12-13(4-10)14(5-16)19-8-15(12)20/h3-6,8-9H,2,7,10,18H2,1H3;1-5,7H,6,8,20H2;2-5,7-8H,6,9,17H2,1H3;1-3,5-6H,4,7,19H2;3-5,7H,6,8,16H2,1-2H3;2-4,6-7H,5,8,16H2,1H3. The number of aliphatic imine (C=N–C) groups is 6. The number of alkyl halides is 6. The van der Waals surface area contributed by atoms with Gasteiger partial charge in [0.05, 0.1) is 40.5 Å². The second kappa shape index (κ2) is 39.6. The molecule has 0 fully saturated rings. The van der Waals surface area contributed by atoms with Crippen molar-refractivity contribution < 1.29 is 55.1 Å². The molecule has 27 nitrogen and oxygen atoms in total. The first kappa shape index (κ1) is 90.3. The van der Waals surface area contributed by atoms with Gasteiger partial charge in [-0.25, -0.2) is 19.9 Å². The van der Waals surface area contributed by atoms with E-state index in [-0.39, 0.29) is 87.1 Å². The summed E-state index contributed by atoms with van der Waals surface area (Å²) >= 11 is 0. The fourth-order valence-electron chi connectivity index (χ4n) is 14.5. The molecule has 0 saturated carbocycles. The summed E-state index contributed by atoms with van der Waals surface area (Å²) in [6.45, 7) is 10.6. The first-order valence-electron chi connectivity index (χ1n) is 40.1. The first-order valence-corrected chi connectivity index (χ1v) is 40.1. The van der Waals surface area contributed by atoms with E-state index in [2.05, 4.69) is 89.0 Å². The van der Waals surface area contributed by atoms with Gasteiger partial charge in [0.1, 0.15) is 50.8 Å². The third-order valence-corrected chi connectivity index (χ3v) is 21.5. The lowest BCUT2D eigenvalue weighted by atomic mass is 9.92. The smallest absolute Gasteiger partial charge is 0.325 e. The van der Waals surface area contributed by atoms with Crippen LogP contribution in [0.3, 0.4) is 0 Å². The number of nitrogens with zero attached hydrogens (tertiary/aromatic N) is 15. The lowest BCUT2D eigenvalue weighted by Gasteiger charge is -2.16. The van der Waals surface area contributed by atoms with Crippen molar-refractivity contribution in [1.29, 1.82) is 0 Å². The Labute approximate surface area is 724 Å². The molecule has 644 valence electrons. The monoisotopic (exact) mass is 1720 g/mol. The number of pyridine rings is 3. The number of ketones is 6. The van der Waals surface area contributed by atoms with Crippen LogP contribution in [0.25, 0.3) is 66.8 Å². The van der Waals surface area contributed by atoms with Gasteiger partial charge in [-0.15, -0.1) is 0 Å². The number of Topliss-reactive ketones (excluding diaryl/α,β-unsaturated/α-hetero) is 6. The largest absolute Gasteiger partial charge is 0.451 e. The highest BCUT2D eigenvalue weighted by Gasteiger charge is 2.35. The Balaban J connectivity index is 0.000000131. The van der Waals surface area contributed by atoms with Crippen molar-refractivity contribution in [2.24, 2.45) is 71.4 Å². The van der Waals surface area contributed by atoms with E-state index in [1.807, 2.05) is 136 Å². The van der Waals surface area contributed by atoms with Crippen LogP contribution >= 0.6 is 0 Å². The molecule has 6 aliphatic rings. The van der Waals surface area contributed by atoms with Crippen LogP contribution in [0, 0.1) is 20.8 Å². The second-order valence-electron chi connectivity index (χ2n) is 29.6. The summed E-state index contributed by atoms with van der Waals surface area (Å²) in [6, 6.07) is 39.5. The number of hydrogen-bond acceptors (Lipinski definition) is 26. The number of aryl methyl sites for hydroxylation is 4. The predicted octanol–water partition coefficient (Wildman–Crippen LogP) is 11.8. The Bertz CT molecular complexity index is 6360. The Morgan fingerprint density at radius 1 is 0.307 bits per heavy atom. The molecule has 0 radical (unpaired) electrons. The van der Waals surface area contributed by atoms with Crippen molar-refractivity contribution in [2.45, 2.75) is 46.5 Å². The van der Waals surface area contributed by atoms with Crippen molar-refractivity contribution in [2.75, 3.05) is 78.5 Å². The Morgan fingerprint density at radius 2 is 0.614 bits per heavy atom. The van der Waals surface area contributed by atoms with Gasteiger partial charge in [0.25, 0.3) is 0 Å². The van der Waals surface area contributed by atoms with Gasteiger partial charge >= 0.3 is 12.4 Å². The fraction of sp³-hybridized carbons (Fsp3) is 0.213. The zero-order chi connectivity index (χ0) is 90.5. The molecular formula is C94H85F6N21O6. The number of benzene rings is 6. The zero-order valence-corrected chi connectivity index (χ0v) is 69.6. The molecule has 0 aliphatic carbocycles.